The largest absolute Gasteiger partial charge is 0.459 e. The van der Waals surface area contributed by atoms with Crippen molar-refractivity contribution in [2.45, 2.75) is 20.0 Å². The van der Waals surface area contributed by atoms with E-state index in [0.717, 1.165) is 0 Å². The summed E-state index contributed by atoms with van der Waals surface area (Å²) >= 11 is 5.54. The Kier molecular flexibility index (Phi) is 3.78. The van der Waals surface area contributed by atoms with Crippen LogP contribution in [0.3, 0.4) is 0 Å². The highest BCUT2D eigenvalue weighted by Crippen LogP contribution is 2.26. The normalized spacial score (nSPS) is 10.2. The Hall–Kier alpha value is -1.69. The van der Waals surface area contributed by atoms with Crippen LogP contribution in [0.25, 0.3) is 0 Å². The van der Waals surface area contributed by atoms with Crippen molar-refractivity contribution < 1.29 is 14.5 Å². The van der Waals surface area contributed by atoms with Crippen LogP contribution in [0.5, 0.6) is 0 Å². The summed E-state index contributed by atoms with van der Waals surface area (Å²) in [7, 11) is 0. The average molecular weight is 245 g/mol. The lowest BCUT2D eigenvalue weighted by Crippen LogP contribution is -2.13. The minimum absolute atomic E-state index is 0.196. The molecule has 0 amide bonds. The molecule has 0 radical (unpaired) electrons. The van der Waals surface area contributed by atoms with Gasteiger partial charge in [0.15, 0.2) is 0 Å². The second kappa shape index (κ2) is 4.89. The van der Waals surface area contributed by atoms with Crippen LogP contribution in [-0.4, -0.2) is 22.0 Å². The highest BCUT2D eigenvalue weighted by molar-refractivity contribution is 6.32. The van der Waals surface area contributed by atoms with Crippen molar-refractivity contribution in [3.8, 4) is 0 Å². The van der Waals surface area contributed by atoms with Gasteiger partial charge in [-0.3, -0.25) is 10.1 Å². The zero-order valence-corrected chi connectivity index (χ0v) is 9.39. The van der Waals surface area contributed by atoms with Crippen LogP contribution in [0.2, 0.25) is 5.15 Å². The number of halogens is 1. The minimum atomic E-state index is -0.786. The van der Waals surface area contributed by atoms with E-state index in [2.05, 4.69) is 4.98 Å². The van der Waals surface area contributed by atoms with Gasteiger partial charge in [-0.15, -0.1) is 0 Å². The SMILES string of the molecule is CC(C)OC(=O)c1ccnc(Cl)c1[N+](=O)[O-]. The van der Waals surface area contributed by atoms with Gasteiger partial charge < -0.3 is 4.74 Å². The van der Waals surface area contributed by atoms with Gasteiger partial charge in [-0.05, 0) is 19.9 Å². The molecular weight excluding hydrogens is 236 g/mol. The van der Waals surface area contributed by atoms with Crippen LogP contribution in [0.15, 0.2) is 12.3 Å². The number of ether oxygens (including phenoxy) is 1. The number of rotatable bonds is 3. The Morgan fingerprint density at radius 3 is 2.75 bits per heavy atom. The summed E-state index contributed by atoms with van der Waals surface area (Å²) in [5.41, 5.74) is -0.728. The maximum absolute atomic E-state index is 11.5. The van der Waals surface area contributed by atoms with Gasteiger partial charge in [-0.1, -0.05) is 11.6 Å². The molecule has 0 N–H and O–H groups in total. The van der Waals surface area contributed by atoms with Crippen LogP contribution in [0, 0.1) is 10.1 Å². The number of hydrogen-bond donors (Lipinski definition) is 0. The lowest BCUT2D eigenvalue weighted by molar-refractivity contribution is -0.385. The van der Waals surface area contributed by atoms with Crippen molar-refractivity contribution >= 4 is 23.3 Å². The van der Waals surface area contributed by atoms with Gasteiger partial charge in [0, 0.05) is 6.20 Å². The lowest BCUT2D eigenvalue weighted by atomic mass is 10.2. The maximum Gasteiger partial charge on any atom is 0.345 e. The molecule has 0 atom stereocenters. The third-order valence-corrected chi connectivity index (χ3v) is 1.90. The molecule has 1 heterocycles. The predicted molar refractivity (Wildman–Crippen MR) is 56.5 cm³/mol. The number of hydrogen-bond acceptors (Lipinski definition) is 5. The highest BCUT2D eigenvalue weighted by Gasteiger charge is 2.26. The zero-order chi connectivity index (χ0) is 12.3. The molecule has 0 unspecified atom stereocenters. The number of pyridine rings is 1. The summed E-state index contributed by atoms with van der Waals surface area (Å²) in [6.45, 7) is 3.29. The minimum Gasteiger partial charge on any atom is -0.459 e. The molecule has 0 fully saturated rings. The van der Waals surface area contributed by atoms with Crippen LogP contribution >= 0.6 is 11.6 Å². The van der Waals surface area contributed by atoms with Gasteiger partial charge >= 0.3 is 11.7 Å². The molecule has 0 bridgehead atoms. The molecule has 0 aromatic carbocycles. The number of carbonyl (C=O) groups excluding carboxylic acids is 1. The average Bonchev–Trinajstić information content (AvgIpc) is 2.15. The molecular formula is C9H9ClN2O4. The second-order valence-corrected chi connectivity index (χ2v) is 3.57. The monoisotopic (exact) mass is 244 g/mol. The van der Waals surface area contributed by atoms with E-state index in [9.17, 15) is 14.9 Å². The molecule has 16 heavy (non-hydrogen) atoms. The van der Waals surface area contributed by atoms with Gasteiger partial charge in [0.25, 0.3) is 0 Å². The van der Waals surface area contributed by atoms with Crippen molar-refractivity contribution in [1.82, 2.24) is 4.98 Å². The highest BCUT2D eigenvalue weighted by atomic mass is 35.5. The van der Waals surface area contributed by atoms with E-state index < -0.39 is 16.6 Å². The van der Waals surface area contributed by atoms with Crippen molar-refractivity contribution in [3.63, 3.8) is 0 Å². The van der Waals surface area contributed by atoms with E-state index in [1.165, 1.54) is 12.3 Å². The maximum atomic E-state index is 11.5. The molecule has 1 aromatic rings. The van der Waals surface area contributed by atoms with Crippen molar-refractivity contribution in [1.29, 1.82) is 0 Å². The first-order valence-corrected chi connectivity index (χ1v) is 4.81. The molecule has 6 nitrogen and oxygen atoms in total. The smallest absolute Gasteiger partial charge is 0.345 e. The Labute approximate surface area is 96.3 Å². The van der Waals surface area contributed by atoms with Gasteiger partial charge in [0.1, 0.15) is 5.56 Å². The third kappa shape index (κ3) is 2.66. The molecule has 0 aliphatic carbocycles. The number of nitrogens with zero attached hydrogens (tertiary/aromatic N) is 2. The molecule has 0 aliphatic rings. The molecule has 1 rings (SSSR count). The van der Waals surface area contributed by atoms with Crippen LogP contribution in [0.4, 0.5) is 5.69 Å². The van der Waals surface area contributed by atoms with E-state index >= 15 is 0 Å². The van der Waals surface area contributed by atoms with Gasteiger partial charge in [-0.2, -0.15) is 0 Å². The quantitative estimate of drug-likeness (QED) is 0.352. The van der Waals surface area contributed by atoms with E-state index in [4.69, 9.17) is 16.3 Å². The Morgan fingerprint density at radius 1 is 1.62 bits per heavy atom. The zero-order valence-electron chi connectivity index (χ0n) is 8.64. The standard InChI is InChI=1S/C9H9ClN2O4/c1-5(2)16-9(13)6-3-4-11-8(10)7(6)12(14)15/h3-5H,1-2H3. The van der Waals surface area contributed by atoms with Crippen molar-refractivity contribution in [2.24, 2.45) is 0 Å². The summed E-state index contributed by atoms with van der Waals surface area (Å²) in [5, 5.41) is 10.4. The number of aromatic nitrogens is 1. The summed E-state index contributed by atoms with van der Waals surface area (Å²) in [6, 6.07) is 1.20. The third-order valence-electron chi connectivity index (χ3n) is 1.62. The second-order valence-electron chi connectivity index (χ2n) is 3.21. The van der Waals surface area contributed by atoms with E-state index in [1.807, 2.05) is 0 Å². The van der Waals surface area contributed by atoms with Gasteiger partial charge in [0.05, 0.1) is 11.0 Å². The summed E-state index contributed by atoms with van der Waals surface area (Å²) < 4.78 is 4.85. The molecule has 0 saturated carbocycles. The predicted octanol–water partition coefficient (Wildman–Crippen LogP) is 2.21. The van der Waals surface area contributed by atoms with Gasteiger partial charge in [0.2, 0.25) is 5.15 Å². The first-order valence-electron chi connectivity index (χ1n) is 4.43. The van der Waals surface area contributed by atoms with Crippen molar-refractivity contribution in [2.75, 3.05) is 0 Å². The number of carbonyl (C=O) groups is 1. The molecule has 1 aromatic heterocycles. The summed E-state index contributed by atoms with van der Waals surface area (Å²) in [6.07, 6.45) is 0.853. The Morgan fingerprint density at radius 2 is 2.25 bits per heavy atom. The van der Waals surface area contributed by atoms with E-state index in [1.54, 1.807) is 13.8 Å². The van der Waals surface area contributed by atoms with E-state index in [0.29, 0.717) is 0 Å². The van der Waals surface area contributed by atoms with Gasteiger partial charge in [-0.25, -0.2) is 9.78 Å². The van der Waals surface area contributed by atoms with E-state index in [-0.39, 0.29) is 16.8 Å². The summed E-state index contributed by atoms with van der Waals surface area (Å²) in [4.78, 5) is 25.0. The first-order chi connectivity index (χ1) is 7.43. The van der Waals surface area contributed by atoms with Crippen LogP contribution in [0.1, 0.15) is 24.2 Å². The molecule has 86 valence electrons. The fourth-order valence-electron chi connectivity index (χ4n) is 1.04. The lowest BCUT2D eigenvalue weighted by Gasteiger charge is -2.07. The topological polar surface area (TPSA) is 82.3 Å². The molecule has 0 saturated heterocycles. The number of nitro groups is 1. The Bertz CT molecular complexity index is 434. The first kappa shape index (κ1) is 12.4. The fraction of sp³-hybridized carbons (Fsp3) is 0.333. The van der Waals surface area contributed by atoms with Crippen LogP contribution in [-0.2, 0) is 4.74 Å². The number of esters is 1. The van der Waals surface area contributed by atoms with Crippen molar-refractivity contribution in [3.05, 3.63) is 33.1 Å². The molecule has 0 spiro atoms. The summed E-state index contributed by atoms with van der Waals surface area (Å²) in [5.74, 6) is -0.786. The molecule has 7 heteroatoms. The fourth-order valence-corrected chi connectivity index (χ4v) is 1.27. The Balaban J connectivity index is 3.18. The van der Waals surface area contributed by atoms with Crippen LogP contribution < -0.4 is 0 Å². The molecule has 0 aliphatic heterocycles.